The predicted molar refractivity (Wildman–Crippen MR) is 112 cm³/mol. The molecule has 142 valence electrons. The van der Waals surface area contributed by atoms with Crippen LogP contribution < -0.4 is 10.2 Å². The highest BCUT2D eigenvalue weighted by Gasteiger charge is 2.21. The second-order valence-corrected chi connectivity index (χ2v) is 6.90. The normalized spacial score (nSPS) is 12.7. The highest BCUT2D eigenvalue weighted by molar-refractivity contribution is 6.03. The number of anilines is 3. The number of rotatable bonds is 5. The molecule has 0 atom stereocenters. The van der Waals surface area contributed by atoms with Crippen LogP contribution in [0, 0.1) is 0 Å². The van der Waals surface area contributed by atoms with E-state index in [0.29, 0.717) is 5.69 Å². The molecule has 1 aliphatic heterocycles. The van der Waals surface area contributed by atoms with Crippen molar-refractivity contribution in [3.8, 4) is 0 Å². The number of hydrogen-bond acceptors (Lipinski definition) is 4. The van der Waals surface area contributed by atoms with Crippen molar-refractivity contribution in [3.63, 3.8) is 0 Å². The number of benzene rings is 2. The van der Waals surface area contributed by atoms with Gasteiger partial charge in [-0.2, -0.15) is 0 Å². The Morgan fingerprint density at radius 3 is 2.43 bits per heavy atom. The molecule has 1 amide bonds. The number of aromatic nitrogens is 2. The minimum atomic E-state index is -0.225. The molecule has 28 heavy (non-hydrogen) atoms. The molecule has 0 fully saturated rings. The second-order valence-electron chi connectivity index (χ2n) is 6.90. The number of fused-ring (bicyclic) bond motifs is 1. The van der Waals surface area contributed by atoms with E-state index in [0.717, 1.165) is 48.4 Å². The van der Waals surface area contributed by atoms with Gasteiger partial charge in [-0.3, -0.25) is 4.79 Å². The largest absolute Gasteiger partial charge is 0.325 e. The summed E-state index contributed by atoms with van der Waals surface area (Å²) >= 11 is 0. The third-order valence-electron chi connectivity index (χ3n) is 5.27. The Hall–Kier alpha value is -3.21. The Morgan fingerprint density at radius 2 is 1.75 bits per heavy atom. The molecule has 0 radical (unpaired) electrons. The molecule has 2 aromatic carbocycles. The first-order chi connectivity index (χ1) is 13.7. The van der Waals surface area contributed by atoms with E-state index in [1.165, 1.54) is 11.3 Å². The maximum absolute atomic E-state index is 12.8. The molecular formula is C23H24N4O. The molecule has 0 saturated carbocycles. The third-order valence-corrected chi connectivity index (χ3v) is 5.27. The third kappa shape index (κ3) is 3.36. The van der Waals surface area contributed by atoms with Crippen LogP contribution in [0.2, 0.25) is 0 Å². The molecule has 4 rings (SSSR count). The summed E-state index contributed by atoms with van der Waals surface area (Å²) in [7, 11) is 0. The van der Waals surface area contributed by atoms with Crippen molar-refractivity contribution < 1.29 is 4.79 Å². The van der Waals surface area contributed by atoms with E-state index in [9.17, 15) is 4.79 Å². The van der Waals surface area contributed by atoms with Crippen LogP contribution in [0.3, 0.4) is 0 Å². The zero-order valence-corrected chi connectivity index (χ0v) is 16.3. The topological polar surface area (TPSA) is 58.1 Å². The van der Waals surface area contributed by atoms with E-state index in [2.05, 4.69) is 52.2 Å². The van der Waals surface area contributed by atoms with Gasteiger partial charge in [0.2, 0.25) is 0 Å². The number of carbonyl (C=O) groups is 1. The van der Waals surface area contributed by atoms with Crippen LogP contribution in [-0.2, 0) is 19.3 Å². The Labute approximate surface area is 165 Å². The van der Waals surface area contributed by atoms with Crippen molar-refractivity contribution in [1.82, 2.24) is 9.97 Å². The van der Waals surface area contributed by atoms with Crippen molar-refractivity contribution in [3.05, 3.63) is 77.2 Å². The molecule has 1 aliphatic rings. The fourth-order valence-corrected chi connectivity index (χ4v) is 3.73. The summed E-state index contributed by atoms with van der Waals surface area (Å²) in [6.45, 7) is 5.06. The Balaban J connectivity index is 1.55. The average molecular weight is 372 g/mol. The SMILES string of the molecule is CCc1cccc(CC)c1NC(=O)c1cnc(N2CCc3ccccc32)cn1. The summed E-state index contributed by atoms with van der Waals surface area (Å²) < 4.78 is 0. The Kier molecular flexibility index (Phi) is 5.06. The molecule has 3 aromatic rings. The van der Waals surface area contributed by atoms with Crippen molar-refractivity contribution in [1.29, 1.82) is 0 Å². The number of nitrogens with zero attached hydrogens (tertiary/aromatic N) is 3. The molecule has 0 unspecified atom stereocenters. The number of nitrogens with one attached hydrogen (secondary N) is 1. The summed E-state index contributed by atoms with van der Waals surface area (Å²) in [5.74, 6) is 0.543. The molecule has 1 N–H and O–H groups in total. The summed E-state index contributed by atoms with van der Waals surface area (Å²) in [6, 6.07) is 14.5. The van der Waals surface area contributed by atoms with Crippen LogP contribution in [0.5, 0.6) is 0 Å². The van der Waals surface area contributed by atoms with Gasteiger partial charge in [0.15, 0.2) is 5.82 Å². The summed E-state index contributed by atoms with van der Waals surface area (Å²) in [4.78, 5) is 23.8. The molecule has 5 nitrogen and oxygen atoms in total. The first-order valence-electron chi connectivity index (χ1n) is 9.80. The number of carbonyl (C=O) groups excluding carboxylic acids is 1. The van der Waals surface area contributed by atoms with Crippen molar-refractivity contribution in [2.45, 2.75) is 33.1 Å². The molecule has 0 saturated heterocycles. The van der Waals surface area contributed by atoms with Gasteiger partial charge in [0, 0.05) is 17.9 Å². The molecular weight excluding hydrogens is 348 g/mol. The van der Waals surface area contributed by atoms with Gasteiger partial charge >= 0.3 is 0 Å². The zero-order valence-electron chi connectivity index (χ0n) is 16.3. The number of aryl methyl sites for hydroxylation is 2. The van der Waals surface area contributed by atoms with Gasteiger partial charge in [-0.05, 0) is 42.0 Å². The highest BCUT2D eigenvalue weighted by atomic mass is 16.1. The van der Waals surface area contributed by atoms with Crippen LogP contribution in [0.15, 0.2) is 54.9 Å². The van der Waals surface area contributed by atoms with Crippen LogP contribution in [0.1, 0.15) is 41.0 Å². The van der Waals surface area contributed by atoms with E-state index in [4.69, 9.17) is 0 Å². The molecule has 2 heterocycles. The van der Waals surface area contributed by atoms with Crippen molar-refractivity contribution >= 4 is 23.1 Å². The summed E-state index contributed by atoms with van der Waals surface area (Å²) in [5.41, 5.74) is 5.96. The second kappa shape index (κ2) is 7.80. The number of amides is 1. The lowest BCUT2D eigenvalue weighted by molar-refractivity contribution is 0.102. The van der Waals surface area contributed by atoms with Crippen molar-refractivity contribution in [2.75, 3.05) is 16.8 Å². The monoisotopic (exact) mass is 372 g/mol. The zero-order chi connectivity index (χ0) is 19.5. The Morgan fingerprint density at radius 1 is 1.00 bits per heavy atom. The van der Waals surface area contributed by atoms with Gasteiger partial charge in [-0.15, -0.1) is 0 Å². The maximum Gasteiger partial charge on any atom is 0.275 e. The molecule has 0 spiro atoms. The molecule has 5 heteroatoms. The molecule has 0 aliphatic carbocycles. The quantitative estimate of drug-likeness (QED) is 0.714. The first-order valence-corrected chi connectivity index (χ1v) is 9.80. The maximum atomic E-state index is 12.8. The van der Waals surface area contributed by atoms with Gasteiger partial charge in [0.05, 0.1) is 12.4 Å². The van der Waals surface area contributed by atoms with Gasteiger partial charge in [0.1, 0.15) is 5.69 Å². The lowest BCUT2D eigenvalue weighted by Crippen LogP contribution is -2.19. The Bertz CT molecular complexity index is 975. The van der Waals surface area contributed by atoms with E-state index in [-0.39, 0.29) is 5.91 Å². The van der Waals surface area contributed by atoms with E-state index in [1.807, 2.05) is 24.3 Å². The lowest BCUT2D eigenvalue weighted by atomic mass is 10.0. The van der Waals surface area contributed by atoms with E-state index < -0.39 is 0 Å². The smallest absolute Gasteiger partial charge is 0.275 e. The fraction of sp³-hybridized carbons (Fsp3) is 0.261. The van der Waals surface area contributed by atoms with Crippen molar-refractivity contribution in [2.24, 2.45) is 0 Å². The number of para-hydroxylation sites is 2. The minimum absolute atomic E-state index is 0.225. The number of hydrogen-bond donors (Lipinski definition) is 1. The lowest BCUT2D eigenvalue weighted by Gasteiger charge is -2.18. The van der Waals surface area contributed by atoms with Crippen LogP contribution in [0.4, 0.5) is 17.2 Å². The first kappa shape index (κ1) is 18.2. The average Bonchev–Trinajstić information content (AvgIpc) is 3.18. The van der Waals surface area contributed by atoms with Gasteiger partial charge < -0.3 is 10.2 Å². The standard InChI is InChI=1S/C23H24N4O/c1-3-16-9-7-10-17(4-2)22(16)26-23(28)19-14-25-21(15-24-19)27-13-12-18-8-5-6-11-20(18)27/h5-11,14-15H,3-4,12-13H2,1-2H3,(H,26,28). The van der Waals surface area contributed by atoms with Crippen LogP contribution >= 0.6 is 0 Å². The van der Waals surface area contributed by atoms with Gasteiger partial charge in [0.25, 0.3) is 5.91 Å². The predicted octanol–water partition coefficient (Wildman–Crippen LogP) is 4.55. The summed E-state index contributed by atoms with van der Waals surface area (Å²) in [5, 5.41) is 3.05. The van der Waals surface area contributed by atoms with Gasteiger partial charge in [-0.1, -0.05) is 50.2 Å². The van der Waals surface area contributed by atoms with Crippen LogP contribution in [0.25, 0.3) is 0 Å². The van der Waals surface area contributed by atoms with E-state index in [1.54, 1.807) is 12.4 Å². The fourth-order valence-electron chi connectivity index (χ4n) is 3.73. The highest BCUT2D eigenvalue weighted by Crippen LogP contribution is 2.32. The molecule has 0 bridgehead atoms. The minimum Gasteiger partial charge on any atom is -0.325 e. The van der Waals surface area contributed by atoms with Gasteiger partial charge in [-0.25, -0.2) is 9.97 Å². The van der Waals surface area contributed by atoms with E-state index >= 15 is 0 Å². The van der Waals surface area contributed by atoms with Crippen LogP contribution in [-0.4, -0.2) is 22.4 Å². The molecule has 1 aromatic heterocycles. The summed E-state index contributed by atoms with van der Waals surface area (Å²) in [6.07, 6.45) is 5.97.